The summed E-state index contributed by atoms with van der Waals surface area (Å²) in [4.78, 5) is 19.4. The number of aromatic nitrogens is 3. The Balaban J connectivity index is 2.64. The lowest BCUT2D eigenvalue weighted by molar-refractivity contribution is 0.928. The zero-order chi connectivity index (χ0) is 9.97. The average Bonchev–Trinajstić information content (AvgIpc) is 2.23. The van der Waals surface area contributed by atoms with Gasteiger partial charge in [0.25, 0.3) is 5.56 Å². The van der Waals surface area contributed by atoms with Gasteiger partial charge in [-0.05, 0) is 12.1 Å². The number of nitrogens with zero attached hydrogens (tertiary/aromatic N) is 3. The van der Waals surface area contributed by atoms with E-state index in [0.717, 1.165) is 0 Å². The molecule has 0 aliphatic carbocycles. The molecule has 0 saturated heterocycles. The van der Waals surface area contributed by atoms with Crippen molar-refractivity contribution in [2.24, 2.45) is 0 Å². The number of nitrogens with two attached hydrogens (primary N) is 1. The third-order valence-corrected chi connectivity index (χ3v) is 1.77. The highest BCUT2D eigenvalue weighted by Gasteiger charge is 2.01. The first-order valence-corrected chi connectivity index (χ1v) is 4.02. The molecule has 0 radical (unpaired) electrons. The molecule has 14 heavy (non-hydrogen) atoms. The van der Waals surface area contributed by atoms with Crippen LogP contribution in [0.5, 0.6) is 0 Å². The molecule has 0 aliphatic heterocycles. The fourth-order valence-electron chi connectivity index (χ4n) is 1.11. The lowest BCUT2D eigenvalue weighted by Crippen LogP contribution is -2.21. The van der Waals surface area contributed by atoms with Crippen LogP contribution in [0.2, 0.25) is 0 Å². The predicted octanol–water partition coefficient (Wildman–Crippen LogP) is 0.210. The lowest BCUT2D eigenvalue weighted by atomic mass is 10.4. The molecule has 0 aliphatic rings. The quantitative estimate of drug-likeness (QED) is 0.694. The van der Waals surface area contributed by atoms with Crippen LogP contribution in [-0.2, 0) is 0 Å². The van der Waals surface area contributed by atoms with E-state index in [-0.39, 0.29) is 11.2 Å². The summed E-state index contributed by atoms with van der Waals surface area (Å²) in [5.41, 5.74) is 5.38. The van der Waals surface area contributed by atoms with Gasteiger partial charge in [-0.3, -0.25) is 14.3 Å². The molecule has 0 atom stereocenters. The van der Waals surface area contributed by atoms with E-state index in [1.54, 1.807) is 24.5 Å². The van der Waals surface area contributed by atoms with Crippen molar-refractivity contribution in [3.8, 4) is 5.82 Å². The molecule has 5 nitrogen and oxygen atoms in total. The number of hydrogen-bond acceptors (Lipinski definition) is 4. The molecule has 2 aromatic rings. The Labute approximate surface area is 79.9 Å². The van der Waals surface area contributed by atoms with E-state index in [1.165, 1.54) is 17.0 Å². The van der Waals surface area contributed by atoms with E-state index in [9.17, 15) is 4.79 Å². The number of pyridine rings is 1. The second-order valence-electron chi connectivity index (χ2n) is 2.70. The van der Waals surface area contributed by atoms with Gasteiger partial charge in [-0.1, -0.05) is 0 Å². The summed E-state index contributed by atoms with van der Waals surface area (Å²) >= 11 is 0. The highest BCUT2D eigenvalue weighted by molar-refractivity contribution is 5.36. The Hall–Kier alpha value is -2.17. The summed E-state index contributed by atoms with van der Waals surface area (Å²) in [7, 11) is 0. The van der Waals surface area contributed by atoms with Gasteiger partial charge in [0, 0.05) is 18.6 Å². The van der Waals surface area contributed by atoms with Crippen LogP contribution in [0.25, 0.3) is 5.82 Å². The van der Waals surface area contributed by atoms with Gasteiger partial charge in [-0.25, -0.2) is 4.98 Å². The maximum Gasteiger partial charge on any atom is 0.279 e. The van der Waals surface area contributed by atoms with Gasteiger partial charge in [0.15, 0.2) is 5.82 Å². The topological polar surface area (TPSA) is 73.8 Å². The van der Waals surface area contributed by atoms with Crippen molar-refractivity contribution in [2.45, 2.75) is 0 Å². The summed E-state index contributed by atoms with van der Waals surface area (Å²) in [5, 5.41) is 0. The van der Waals surface area contributed by atoms with Crippen molar-refractivity contribution >= 4 is 5.69 Å². The largest absolute Gasteiger partial charge is 0.394 e. The molecule has 0 spiro atoms. The van der Waals surface area contributed by atoms with Gasteiger partial charge in [0.2, 0.25) is 0 Å². The summed E-state index contributed by atoms with van der Waals surface area (Å²) in [6, 6.07) is 3.24. The molecule has 0 saturated carbocycles. The van der Waals surface area contributed by atoms with Gasteiger partial charge in [-0.15, -0.1) is 0 Å². The van der Waals surface area contributed by atoms with Crippen molar-refractivity contribution in [3.05, 3.63) is 47.3 Å². The number of rotatable bonds is 1. The smallest absolute Gasteiger partial charge is 0.279 e. The minimum absolute atomic E-state index is 0.193. The molecule has 0 unspecified atom stereocenters. The maximum absolute atomic E-state index is 11.5. The van der Waals surface area contributed by atoms with Crippen molar-refractivity contribution in [1.29, 1.82) is 0 Å². The van der Waals surface area contributed by atoms with E-state index in [4.69, 9.17) is 5.73 Å². The zero-order valence-corrected chi connectivity index (χ0v) is 7.29. The molecule has 5 heteroatoms. The SMILES string of the molecule is Nc1cccn(-c2cnccn2)c1=O. The Morgan fingerprint density at radius 1 is 1.36 bits per heavy atom. The van der Waals surface area contributed by atoms with Crippen LogP contribution in [0.15, 0.2) is 41.7 Å². The zero-order valence-electron chi connectivity index (χ0n) is 7.29. The highest BCUT2D eigenvalue weighted by Crippen LogP contribution is 1.99. The van der Waals surface area contributed by atoms with Crippen molar-refractivity contribution in [1.82, 2.24) is 14.5 Å². The Bertz CT molecular complexity index is 492. The minimum atomic E-state index is -0.284. The van der Waals surface area contributed by atoms with Gasteiger partial charge in [0.05, 0.1) is 11.9 Å². The summed E-state index contributed by atoms with van der Waals surface area (Å²) in [5.74, 6) is 0.463. The molecule has 0 bridgehead atoms. The highest BCUT2D eigenvalue weighted by atomic mass is 16.1. The minimum Gasteiger partial charge on any atom is -0.394 e. The molecule has 0 amide bonds. The van der Waals surface area contributed by atoms with Crippen LogP contribution in [0.3, 0.4) is 0 Å². The standard InChI is InChI=1S/C9H8N4O/c10-7-2-1-5-13(9(7)14)8-6-11-3-4-12-8/h1-6H,10H2. The summed E-state index contributed by atoms with van der Waals surface area (Å²) in [6.07, 6.45) is 6.16. The summed E-state index contributed by atoms with van der Waals surface area (Å²) in [6.45, 7) is 0. The van der Waals surface area contributed by atoms with Crippen LogP contribution in [0.4, 0.5) is 5.69 Å². The molecular formula is C9H8N4O. The lowest BCUT2D eigenvalue weighted by Gasteiger charge is -2.03. The molecule has 2 N–H and O–H groups in total. The number of hydrogen-bond donors (Lipinski definition) is 1. The van der Waals surface area contributed by atoms with E-state index in [2.05, 4.69) is 9.97 Å². The van der Waals surface area contributed by atoms with E-state index in [0.29, 0.717) is 5.82 Å². The first-order valence-electron chi connectivity index (χ1n) is 4.02. The van der Waals surface area contributed by atoms with Crippen molar-refractivity contribution in [2.75, 3.05) is 5.73 Å². The molecule has 0 aromatic carbocycles. The van der Waals surface area contributed by atoms with Crippen molar-refractivity contribution in [3.63, 3.8) is 0 Å². The molecule has 2 heterocycles. The second-order valence-corrected chi connectivity index (χ2v) is 2.70. The van der Waals surface area contributed by atoms with Crippen LogP contribution in [0.1, 0.15) is 0 Å². The van der Waals surface area contributed by atoms with E-state index >= 15 is 0 Å². The summed E-state index contributed by atoms with van der Waals surface area (Å²) < 4.78 is 1.35. The average molecular weight is 188 g/mol. The first-order chi connectivity index (χ1) is 6.79. The van der Waals surface area contributed by atoms with Crippen LogP contribution in [0, 0.1) is 0 Å². The molecule has 70 valence electrons. The van der Waals surface area contributed by atoms with Crippen LogP contribution >= 0.6 is 0 Å². The predicted molar refractivity (Wildman–Crippen MR) is 52.0 cm³/mol. The first kappa shape index (κ1) is 8.43. The normalized spacial score (nSPS) is 10.0. The van der Waals surface area contributed by atoms with Crippen molar-refractivity contribution < 1.29 is 0 Å². The molecule has 2 aromatic heterocycles. The van der Waals surface area contributed by atoms with Gasteiger partial charge in [0.1, 0.15) is 0 Å². The molecule has 2 rings (SSSR count). The van der Waals surface area contributed by atoms with Gasteiger partial charge >= 0.3 is 0 Å². The van der Waals surface area contributed by atoms with E-state index < -0.39 is 0 Å². The maximum atomic E-state index is 11.5. The number of nitrogen functional groups attached to an aromatic ring is 1. The van der Waals surface area contributed by atoms with Gasteiger partial charge < -0.3 is 5.73 Å². The van der Waals surface area contributed by atoms with Crippen LogP contribution in [-0.4, -0.2) is 14.5 Å². The molecular weight excluding hydrogens is 180 g/mol. The second kappa shape index (κ2) is 3.29. The Morgan fingerprint density at radius 2 is 2.21 bits per heavy atom. The third kappa shape index (κ3) is 1.35. The monoisotopic (exact) mass is 188 g/mol. The van der Waals surface area contributed by atoms with E-state index in [1.807, 2.05) is 0 Å². The fourth-order valence-corrected chi connectivity index (χ4v) is 1.11. The third-order valence-electron chi connectivity index (χ3n) is 1.77. The Morgan fingerprint density at radius 3 is 2.93 bits per heavy atom. The Kier molecular flexibility index (Phi) is 1.98. The van der Waals surface area contributed by atoms with Gasteiger partial charge in [-0.2, -0.15) is 0 Å². The fraction of sp³-hybridized carbons (Fsp3) is 0. The molecule has 0 fully saturated rings. The number of anilines is 1. The van der Waals surface area contributed by atoms with Crippen LogP contribution < -0.4 is 11.3 Å².